The molecule has 0 aliphatic rings. The third-order valence-corrected chi connectivity index (χ3v) is 3.55. The van der Waals surface area contributed by atoms with E-state index in [0.29, 0.717) is 15.7 Å². The molecule has 0 saturated carbocycles. The van der Waals surface area contributed by atoms with Crippen LogP contribution in [0.4, 0.5) is 17.2 Å². The third-order valence-electron chi connectivity index (χ3n) is 2.75. The molecule has 0 radical (unpaired) electrons. The second-order valence-electron chi connectivity index (χ2n) is 4.10. The van der Waals surface area contributed by atoms with Crippen LogP contribution in [-0.2, 0) is 0 Å². The Kier molecular flexibility index (Phi) is 4.01. The Morgan fingerprint density at radius 1 is 1.35 bits per heavy atom. The zero-order chi connectivity index (χ0) is 14.9. The van der Waals surface area contributed by atoms with Crippen LogP contribution in [0.3, 0.4) is 0 Å². The van der Waals surface area contributed by atoms with Gasteiger partial charge in [-0.1, -0.05) is 29.3 Å². The zero-order valence-electron chi connectivity index (χ0n) is 10.4. The zero-order valence-corrected chi connectivity index (χ0v) is 12.0. The van der Waals surface area contributed by atoms with Crippen molar-refractivity contribution >= 4 is 46.4 Å². The highest BCUT2D eigenvalue weighted by Crippen LogP contribution is 2.36. The fraction of sp³-hybridized carbons (Fsp3) is 0.0769. The summed E-state index contributed by atoms with van der Waals surface area (Å²) < 4.78 is 0. The summed E-state index contributed by atoms with van der Waals surface area (Å²) in [6.45, 7) is 1.83. The second-order valence-corrected chi connectivity index (χ2v) is 4.89. The minimum Gasteiger partial charge on any atom is -0.478 e. The van der Waals surface area contributed by atoms with Gasteiger partial charge in [0, 0.05) is 6.20 Å². The molecule has 20 heavy (non-hydrogen) atoms. The van der Waals surface area contributed by atoms with Gasteiger partial charge < -0.3 is 16.2 Å². The van der Waals surface area contributed by atoms with Gasteiger partial charge >= 0.3 is 5.97 Å². The van der Waals surface area contributed by atoms with E-state index in [-0.39, 0.29) is 17.1 Å². The number of halogens is 2. The summed E-state index contributed by atoms with van der Waals surface area (Å²) in [5, 5.41) is 12.7. The number of aromatic carboxylic acids is 1. The van der Waals surface area contributed by atoms with Gasteiger partial charge in [-0.2, -0.15) is 0 Å². The number of nitrogens with zero attached hydrogens (tertiary/aromatic N) is 1. The first-order valence-corrected chi connectivity index (χ1v) is 6.36. The molecule has 0 spiro atoms. The first-order valence-electron chi connectivity index (χ1n) is 5.61. The Morgan fingerprint density at radius 3 is 2.70 bits per heavy atom. The molecule has 2 rings (SSSR count). The van der Waals surface area contributed by atoms with E-state index in [9.17, 15) is 4.79 Å². The number of carbonyl (C=O) groups is 1. The van der Waals surface area contributed by atoms with E-state index in [0.717, 1.165) is 5.56 Å². The molecule has 0 amide bonds. The first-order chi connectivity index (χ1) is 9.41. The van der Waals surface area contributed by atoms with E-state index < -0.39 is 5.97 Å². The summed E-state index contributed by atoms with van der Waals surface area (Å²) in [5.41, 5.74) is 7.03. The Bertz CT molecular complexity index is 690. The number of hydrogen-bond acceptors (Lipinski definition) is 4. The summed E-state index contributed by atoms with van der Waals surface area (Å²) in [4.78, 5) is 15.0. The molecule has 0 aliphatic carbocycles. The molecule has 5 nitrogen and oxygen atoms in total. The van der Waals surface area contributed by atoms with Crippen LogP contribution in [0.1, 0.15) is 15.9 Å². The maximum atomic E-state index is 11.0. The summed E-state index contributed by atoms with van der Waals surface area (Å²) >= 11 is 12.2. The molecule has 7 heteroatoms. The molecule has 1 heterocycles. The molecule has 0 aliphatic heterocycles. The number of nitrogens with two attached hydrogens (primary N) is 1. The topological polar surface area (TPSA) is 88.2 Å². The largest absolute Gasteiger partial charge is 0.478 e. The highest BCUT2D eigenvalue weighted by molar-refractivity contribution is 6.39. The molecule has 1 aromatic carbocycles. The molecule has 0 bridgehead atoms. The number of benzene rings is 1. The SMILES string of the molecule is Cc1ccc(Cl)c(Nc2nccc(C(=O)O)c2N)c1Cl. The van der Waals surface area contributed by atoms with Crippen molar-refractivity contribution in [3.63, 3.8) is 0 Å². The predicted molar refractivity (Wildman–Crippen MR) is 80.1 cm³/mol. The van der Waals surface area contributed by atoms with Crippen LogP contribution in [0.2, 0.25) is 10.0 Å². The van der Waals surface area contributed by atoms with Gasteiger partial charge in [-0.25, -0.2) is 9.78 Å². The molecule has 0 fully saturated rings. The lowest BCUT2D eigenvalue weighted by atomic mass is 10.2. The molecule has 0 unspecified atom stereocenters. The average molecular weight is 312 g/mol. The van der Waals surface area contributed by atoms with E-state index in [2.05, 4.69) is 10.3 Å². The van der Waals surface area contributed by atoms with Gasteiger partial charge in [0.2, 0.25) is 0 Å². The number of anilines is 3. The lowest BCUT2D eigenvalue weighted by molar-refractivity contribution is 0.0698. The molecular weight excluding hydrogens is 301 g/mol. The van der Waals surface area contributed by atoms with Crippen LogP contribution in [0.15, 0.2) is 24.4 Å². The van der Waals surface area contributed by atoms with Gasteiger partial charge in [0.05, 0.1) is 27.0 Å². The maximum Gasteiger partial charge on any atom is 0.337 e. The van der Waals surface area contributed by atoms with Crippen LogP contribution in [-0.4, -0.2) is 16.1 Å². The normalized spacial score (nSPS) is 10.3. The van der Waals surface area contributed by atoms with Crippen molar-refractivity contribution in [3.05, 3.63) is 45.6 Å². The number of nitrogen functional groups attached to an aromatic ring is 1. The van der Waals surface area contributed by atoms with Crippen molar-refractivity contribution in [2.45, 2.75) is 6.92 Å². The predicted octanol–water partition coefficient (Wildman–Crippen LogP) is 3.72. The fourth-order valence-electron chi connectivity index (χ4n) is 1.65. The van der Waals surface area contributed by atoms with Crippen LogP contribution >= 0.6 is 23.2 Å². The van der Waals surface area contributed by atoms with Crippen molar-refractivity contribution < 1.29 is 9.90 Å². The van der Waals surface area contributed by atoms with Gasteiger partial charge in [-0.05, 0) is 24.6 Å². The summed E-state index contributed by atoms with van der Waals surface area (Å²) in [6, 6.07) is 4.78. The van der Waals surface area contributed by atoms with E-state index in [4.69, 9.17) is 34.0 Å². The number of hydrogen-bond donors (Lipinski definition) is 3. The van der Waals surface area contributed by atoms with Gasteiger partial charge in [0.1, 0.15) is 0 Å². The molecule has 2 aromatic rings. The van der Waals surface area contributed by atoms with Crippen molar-refractivity contribution in [1.29, 1.82) is 0 Å². The molecule has 104 valence electrons. The molecule has 0 saturated heterocycles. The van der Waals surface area contributed by atoms with E-state index in [1.165, 1.54) is 12.3 Å². The Hall–Kier alpha value is -1.98. The van der Waals surface area contributed by atoms with Crippen molar-refractivity contribution in [2.24, 2.45) is 0 Å². The van der Waals surface area contributed by atoms with Gasteiger partial charge in [-0.3, -0.25) is 0 Å². The van der Waals surface area contributed by atoms with Crippen molar-refractivity contribution in [3.8, 4) is 0 Å². The number of pyridine rings is 1. The average Bonchev–Trinajstić information content (AvgIpc) is 2.40. The standard InChI is InChI=1S/C13H11Cl2N3O2/c1-6-2-3-8(14)11(9(6)15)18-12-10(16)7(13(19)20)4-5-17-12/h2-5H,16H2,1H3,(H,17,18)(H,19,20). The third kappa shape index (κ3) is 2.64. The van der Waals surface area contributed by atoms with E-state index in [1.807, 2.05) is 6.92 Å². The van der Waals surface area contributed by atoms with Crippen LogP contribution in [0.25, 0.3) is 0 Å². The Morgan fingerprint density at radius 2 is 2.05 bits per heavy atom. The van der Waals surface area contributed by atoms with Gasteiger partial charge in [0.15, 0.2) is 5.82 Å². The van der Waals surface area contributed by atoms with Crippen LogP contribution in [0.5, 0.6) is 0 Å². The summed E-state index contributed by atoms with van der Waals surface area (Å²) in [7, 11) is 0. The number of aryl methyl sites for hydroxylation is 1. The number of rotatable bonds is 3. The number of carboxylic acids is 1. The monoisotopic (exact) mass is 311 g/mol. The summed E-state index contributed by atoms with van der Waals surface area (Å²) in [6.07, 6.45) is 1.35. The van der Waals surface area contributed by atoms with Gasteiger partial charge in [0.25, 0.3) is 0 Å². The van der Waals surface area contributed by atoms with E-state index in [1.54, 1.807) is 12.1 Å². The van der Waals surface area contributed by atoms with Crippen molar-refractivity contribution in [2.75, 3.05) is 11.1 Å². The fourth-order valence-corrected chi connectivity index (χ4v) is 2.11. The lowest BCUT2D eigenvalue weighted by Gasteiger charge is -2.13. The Balaban J connectivity index is 2.49. The molecule has 4 N–H and O–H groups in total. The van der Waals surface area contributed by atoms with Crippen molar-refractivity contribution in [1.82, 2.24) is 4.98 Å². The van der Waals surface area contributed by atoms with E-state index >= 15 is 0 Å². The molecule has 1 aromatic heterocycles. The smallest absolute Gasteiger partial charge is 0.337 e. The highest BCUT2D eigenvalue weighted by atomic mass is 35.5. The Labute approximate surface area is 125 Å². The minimum absolute atomic E-state index is 0.0219. The number of carboxylic acid groups (broad SMARTS) is 1. The second kappa shape index (κ2) is 5.56. The van der Waals surface area contributed by atoms with Crippen LogP contribution < -0.4 is 11.1 Å². The highest BCUT2D eigenvalue weighted by Gasteiger charge is 2.15. The van der Waals surface area contributed by atoms with Gasteiger partial charge in [-0.15, -0.1) is 0 Å². The molecule has 0 atom stereocenters. The summed E-state index contributed by atoms with van der Waals surface area (Å²) in [5.74, 6) is -0.936. The quantitative estimate of drug-likeness (QED) is 0.804. The number of aromatic nitrogens is 1. The minimum atomic E-state index is -1.13. The molecular formula is C13H11Cl2N3O2. The van der Waals surface area contributed by atoms with Crippen LogP contribution in [0, 0.1) is 6.92 Å². The lowest BCUT2D eigenvalue weighted by Crippen LogP contribution is -2.07. The maximum absolute atomic E-state index is 11.0. The number of nitrogens with one attached hydrogen (secondary N) is 1. The first kappa shape index (κ1) is 14.4.